The van der Waals surface area contributed by atoms with E-state index >= 15 is 0 Å². The summed E-state index contributed by atoms with van der Waals surface area (Å²) in [6, 6.07) is 0.371. The van der Waals surface area contributed by atoms with Gasteiger partial charge in [-0.25, -0.2) is 4.79 Å². The monoisotopic (exact) mass is 142 g/mol. The summed E-state index contributed by atoms with van der Waals surface area (Å²) < 4.78 is 0. The topological polar surface area (TPSA) is 29.5 Å². The van der Waals surface area contributed by atoms with Gasteiger partial charge in [0.2, 0.25) is 0 Å². The lowest BCUT2D eigenvalue weighted by Gasteiger charge is -2.29. The van der Waals surface area contributed by atoms with Crippen molar-refractivity contribution in [1.82, 2.24) is 5.06 Å². The third-order valence-corrected chi connectivity index (χ3v) is 1.90. The van der Waals surface area contributed by atoms with Gasteiger partial charge < -0.3 is 4.84 Å². The van der Waals surface area contributed by atoms with E-state index in [2.05, 4.69) is 11.8 Å². The van der Waals surface area contributed by atoms with Gasteiger partial charge in [-0.3, -0.25) is 0 Å². The van der Waals surface area contributed by atoms with Crippen molar-refractivity contribution >= 4 is 6.47 Å². The van der Waals surface area contributed by atoms with Crippen molar-refractivity contribution < 1.29 is 9.63 Å². The number of hydrogen-bond donors (Lipinski definition) is 0. The Kier molecular flexibility index (Phi) is 2.68. The van der Waals surface area contributed by atoms with E-state index < -0.39 is 0 Å². The Hall–Kier alpha value is -0.570. The van der Waals surface area contributed by atoms with E-state index in [0.717, 1.165) is 19.4 Å². The van der Waals surface area contributed by atoms with Gasteiger partial charge in [0.05, 0.1) is 0 Å². The number of hydrogen-bond acceptors (Lipinski definition) is 3. The van der Waals surface area contributed by atoms with Gasteiger partial charge in [-0.15, -0.1) is 5.06 Å². The minimum absolute atomic E-state index is 0.371. The average molecular weight is 142 g/mol. The number of carbonyl (C=O) groups excluding carboxylic acids is 1. The van der Waals surface area contributed by atoms with Crippen LogP contribution in [0.2, 0.25) is 0 Å². The zero-order chi connectivity index (χ0) is 7.40. The van der Waals surface area contributed by atoms with Gasteiger partial charge >= 0.3 is 6.47 Å². The number of rotatable bonds is 2. The second-order valence-corrected chi connectivity index (χ2v) is 2.66. The highest BCUT2D eigenvalue weighted by atomic mass is 16.7. The fourth-order valence-electron chi connectivity index (χ4n) is 1.26. The molecule has 57 valence electrons. The van der Waals surface area contributed by atoms with E-state index in [9.17, 15) is 4.79 Å². The molecule has 1 saturated heterocycles. The summed E-state index contributed by atoms with van der Waals surface area (Å²) in [6.07, 6.45) is 3.47. The van der Waals surface area contributed by atoms with Crippen LogP contribution in [0.5, 0.6) is 0 Å². The molecule has 1 aliphatic heterocycles. The van der Waals surface area contributed by atoms with Gasteiger partial charge in [0.15, 0.2) is 0 Å². The molecule has 1 heterocycles. The molecule has 0 amide bonds. The Morgan fingerprint density at radius 1 is 1.60 bits per heavy atom. The molecule has 0 N–H and O–H groups in total. The molecule has 10 heavy (non-hydrogen) atoms. The van der Waals surface area contributed by atoms with Crippen molar-refractivity contribution in [3.8, 4) is 0 Å². The minimum atomic E-state index is 0.371. The van der Waals surface area contributed by atoms with E-state index in [1.54, 1.807) is 5.06 Å². The average Bonchev–Trinajstić information content (AvgIpc) is 1.94. The second-order valence-electron chi connectivity index (χ2n) is 2.66. The molecule has 0 aliphatic carbocycles. The summed E-state index contributed by atoms with van der Waals surface area (Å²) in [5.74, 6) is 0. The molecule has 0 saturated carbocycles. The molecular weight excluding hydrogens is 130 g/mol. The van der Waals surface area contributed by atoms with Crippen molar-refractivity contribution in [3.63, 3.8) is 0 Å². The summed E-state index contributed by atoms with van der Waals surface area (Å²) in [5.41, 5.74) is 0. The van der Waals surface area contributed by atoms with Crippen molar-refractivity contribution in [2.24, 2.45) is 0 Å². The first-order valence-corrected chi connectivity index (χ1v) is 3.65. The molecule has 1 aliphatic rings. The maximum atomic E-state index is 9.83. The maximum Gasteiger partial charge on any atom is 0.438 e. The van der Waals surface area contributed by atoms with Crippen LogP contribution in [0.4, 0.5) is 0 Å². The van der Waals surface area contributed by atoms with Crippen LogP contribution in [0.1, 0.15) is 26.2 Å². The van der Waals surface area contributed by atoms with Crippen molar-refractivity contribution in [2.75, 3.05) is 6.54 Å². The van der Waals surface area contributed by atoms with Gasteiger partial charge in [-0.1, -0.05) is 6.42 Å². The van der Waals surface area contributed by atoms with Crippen LogP contribution in [0.3, 0.4) is 0 Å². The summed E-state index contributed by atoms with van der Waals surface area (Å²) in [4.78, 5) is 14.5. The zero-order valence-corrected chi connectivity index (χ0v) is 6.17. The molecule has 3 heteroatoms. The Labute approximate surface area is 60.9 Å². The van der Waals surface area contributed by atoms with Crippen molar-refractivity contribution in [1.29, 1.82) is 0 Å². The molecule has 0 aromatic carbocycles. The zero-order valence-electron chi connectivity index (χ0n) is 6.17. The Morgan fingerprint density at radius 2 is 2.40 bits per heavy atom. The predicted molar refractivity (Wildman–Crippen MR) is 36.8 cm³/mol. The lowest BCUT2D eigenvalue weighted by Crippen LogP contribution is -2.36. The van der Waals surface area contributed by atoms with E-state index in [4.69, 9.17) is 0 Å². The van der Waals surface area contributed by atoms with Crippen LogP contribution in [0.25, 0.3) is 0 Å². The smallest absolute Gasteiger partial charge is 0.359 e. The fraction of sp³-hybridized carbons (Fsp3) is 0.857. The molecular formula is C7H12NO2. The first-order valence-electron chi connectivity index (χ1n) is 3.65. The van der Waals surface area contributed by atoms with E-state index in [1.165, 1.54) is 12.9 Å². The van der Waals surface area contributed by atoms with Crippen LogP contribution in [0, 0.1) is 0 Å². The van der Waals surface area contributed by atoms with Crippen molar-refractivity contribution in [2.45, 2.75) is 32.2 Å². The quantitative estimate of drug-likeness (QED) is 0.572. The lowest BCUT2D eigenvalue weighted by molar-refractivity contribution is -0.120. The molecule has 0 bridgehead atoms. The lowest BCUT2D eigenvalue weighted by atomic mass is 10.1. The van der Waals surface area contributed by atoms with E-state index in [1.807, 2.05) is 0 Å². The van der Waals surface area contributed by atoms with Gasteiger partial charge in [0.25, 0.3) is 0 Å². The van der Waals surface area contributed by atoms with Crippen molar-refractivity contribution in [3.05, 3.63) is 0 Å². The molecule has 1 rings (SSSR count). The van der Waals surface area contributed by atoms with Gasteiger partial charge in [0.1, 0.15) is 0 Å². The van der Waals surface area contributed by atoms with Gasteiger partial charge in [-0.05, 0) is 19.8 Å². The van der Waals surface area contributed by atoms with Crippen LogP contribution in [-0.4, -0.2) is 24.1 Å². The summed E-state index contributed by atoms with van der Waals surface area (Å²) in [6.45, 7) is 4.35. The first-order chi connectivity index (χ1) is 4.84. The number of nitrogens with zero attached hydrogens (tertiary/aromatic N) is 1. The third-order valence-electron chi connectivity index (χ3n) is 1.90. The Bertz CT molecular complexity index is 116. The van der Waals surface area contributed by atoms with Crippen LogP contribution in [0.15, 0.2) is 0 Å². The summed E-state index contributed by atoms with van der Waals surface area (Å²) in [5, 5.41) is 1.69. The molecule has 1 atom stereocenters. The molecule has 1 unspecified atom stereocenters. The standard InChI is InChI=1S/C7H12NO2/c1-7-4-2-3-5-8(7)10-6-9/h7H,2-5H2,1H3. The third kappa shape index (κ3) is 1.70. The number of hydroxylamine groups is 2. The van der Waals surface area contributed by atoms with Crippen LogP contribution >= 0.6 is 0 Å². The SMILES string of the molecule is CC1CCCCN1O[C]=O. The minimum Gasteiger partial charge on any atom is -0.359 e. The largest absolute Gasteiger partial charge is 0.438 e. The molecule has 0 aromatic rings. The number of piperidine rings is 1. The first kappa shape index (κ1) is 7.54. The molecule has 3 nitrogen and oxygen atoms in total. The van der Waals surface area contributed by atoms with E-state index in [0.29, 0.717) is 6.04 Å². The van der Waals surface area contributed by atoms with Gasteiger partial charge in [0, 0.05) is 12.6 Å². The molecule has 1 fully saturated rings. The fourth-order valence-corrected chi connectivity index (χ4v) is 1.26. The highest BCUT2D eigenvalue weighted by Gasteiger charge is 2.18. The van der Waals surface area contributed by atoms with Crippen LogP contribution < -0.4 is 0 Å². The predicted octanol–water partition coefficient (Wildman–Crippen LogP) is 0.860. The van der Waals surface area contributed by atoms with Gasteiger partial charge in [-0.2, -0.15) is 0 Å². The van der Waals surface area contributed by atoms with Crippen LogP contribution in [-0.2, 0) is 9.63 Å². The molecule has 1 radical (unpaired) electrons. The molecule has 0 spiro atoms. The molecule has 0 aromatic heterocycles. The normalized spacial score (nSPS) is 27.9. The maximum absolute atomic E-state index is 9.83. The second kappa shape index (κ2) is 3.56. The Morgan fingerprint density at radius 3 is 3.00 bits per heavy atom. The Balaban J connectivity index is 2.32. The summed E-state index contributed by atoms with van der Waals surface area (Å²) >= 11 is 0. The van der Waals surface area contributed by atoms with E-state index in [-0.39, 0.29) is 0 Å². The highest BCUT2D eigenvalue weighted by molar-refractivity contribution is 5.37. The highest BCUT2D eigenvalue weighted by Crippen LogP contribution is 2.15. The summed E-state index contributed by atoms with van der Waals surface area (Å²) in [7, 11) is 0.